The Balaban J connectivity index is 1.78. The van der Waals surface area contributed by atoms with Crippen molar-refractivity contribution >= 4 is 40.9 Å². The van der Waals surface area contributed by atoms with Gasteiger partial charge in [0.15, 0.2) is 0 Å². The molecule has 1 heterocycles. The van der Waals surface area contributed by atoms with Gasteiger partial charge in [0.05, 0.1) is 17.0 Å². The first-order valence-electron chi connectivity index (χ1n) is 6.21. The minimum absolute atomic E-state index is 0.220. The molecule has 2 N–H and O–H groups in total. The van der Waals surface area contributed by atoms with E-state index in [2.05, 4.69) is 0 Å². The highest BCUT2D eigenvalue weighted by Gasteiger charge is 2.34. The second-order valence-electron chi connectivity index (χ2n) is 4.54. The van der Waals surface area contributed by atoms with Crippen molar-refractivity contribution < 1.29 is 9.59 Å². The normalized spacial score (nSPS) is 13.7. The van der Waals surface area contributed by atoms with E-state index in [1.54, 1.807) is 42.5 Å². The number of carbonyl (C=O) groups is 2. The maximum atomic E-state index is 12.2. The summed E-state index contributed by atoms with van der Waals surface area (Å²) in [5.74, 6) is -0.315. The molecule has 4 nitrogen and oxygen atoms in total. The molecule has 0 fully saturated rings. The molecule has 2 aromatic carbocycles. The number of nitrogens with two attached hydrogens (primary N) is 1. The van der Waals surface area contributed by atoms with Crippen LogP contribution in [0.4, 0.5) is 5.69 Å². The van der Waals surface area contributed by atoms with Gasteiger partial charge in [0.25, 0.3) is 11.8 Å². The zero-order valence-corrected chi connectivity index (χ0v) is 12.4. The van der Waals surface area contributed by atoms with Gasteiger partial charge in [-0.3, -0.25) is 14.5 Å². The molecule has 0 spiro atoms. The van der Waals surface area contributed by atoms with Crippen LogP contribution in [0.25, 0.3) is 0 Å². The van der Waals surface area contributed by atoms with E-state index < -0.39 is 0 Å². The lowest BCUT2D eigenvalue weighted by molar-refractivity contribution is 0.0684. The van der Waals surface area contributed by atoms with E-state index in [9.17, 15) is 9.59 Å². The first kappa shape index (κ1) is 14.0. The van der Waals surface area contributed by atoms with Crippen LogP contribution in [-0.4, -0.2) is 22.6 Å². The van der Waals surface area contributed by atoms with Crippen LogP contribution in [0.1, 0.15) is 20.7 Å². The lowest BCUT2D eigenvalue weighted by Gasteiger charge is -2.14. The Kier molecular flexibility index (Phi) is 3.61. The number of anilines is 1. The Morgan fingerprint density at radius 3 is 2.24 bits per heavy atom. The van der Waals surface area contributed by atoms with Crippen molar-refractivity contribution in [2.24, 2.45) is 0 Å². The van der Waals surface area contributed by atoms with E-state index in [1.807, 2.05) is 0 Å². The number of nitrogen functional groups attached to an aromatic ring is 1. The van der Waals surface area contributed by atoms with Gasteiger partial charge in [-0.25, -0.2) is 0 Å². The number of thioether (sulfide) groups is 1. The van der Waals surface area contributed by atoms with Gasteiger partial charge in [0.1, 0.15) is 0 Å². The number of hydrogen-bond acceptors (Lipinski definition) is 4. The quantitative estimate of drug-likeness (QED) is 0.536. The van der Waals surface area contributed by atoms with Crippen molar-refractivity contribution in [2.45, 2.75) is 4.90 Å². The second kappa shape index (κ2) is 5.42. The molecular weight excluding hydrogens is 308 g/mol. The zero-order chi connectivity index (χ0) is 15.0. The van der Waals surface area contributed by atoms with E-state index in [0.717, 1.165) is 4.90 Å². The molecule has 0 unspecified atom stereocenters. The molecule has 0 aromatic heterocycles. The topological polar surface area (TPSA) is 63.4 Å². The number of amides is 2. The number of nitrogens with zero attached hydrogens (tertiary/aromatic N) is 1. The molecule has 1 aliphatic rings. The summed E-state index contributed by atoms with van der Waals surface area (Å²) in [7, 11) is 0. The highest BCUT2D eigenvalue weighted by molar-refractivity contribution is 7.99. The summed E-state index contributed by atoms with van der Waals surface area (Å²) in [4.78, 5) is 26.4. The average Bonchev–Trinajstić information content (AvgIpc) is 2.71. The number of rotatable bonds is 3. The predicted molar refractivity (Wildman–Crippen MR) is 83.5 cm³/mol. The van der Waals surface area contributed by atoms with Crippen LogP contribution >= 0.6 is 23.4 Å². The maximum absolute atomic E-state index is 12.2. The third-order valence-electron chi connectivity index (χ3n) is 3.20. The summed E-state index contributed by atoms with van der Waals surface area (Å²) in [5.41, 5.74) is 7.30. The van der Waals surface area contributed by atoms with E-state index in [1.165, 1.54) is 16.7 Å². The standard InChI is InChI=1S/C15H11ClN2O2S/c16-9-5-6-13(12(17)7-9)21-8-18-14(19)10-3-1-2-4-11(10)15(18)20/h1-7H,8,17H2. The van der Waals surface area contributed by atoms with Gasteiger partial charge in [-0.05, 0) is 30.3 Å². The molecule has 0 bridgehead atoms. The third kappa shape index (κ3) is 2.50. The molecule has 0 aliphatic carbocycles. The van der Waals surface area contributed by atoms with Gasteiger partial charge in [0.2, 0.25) is 0 Å². The molecule has 0 atom stereocenters. The molecule has 0 saturated carbocycles. The summed E-state index contributed by atoms with van der Waals surface area (Å²) in [6.45, 7) is 0. The Hall–Kier alpha value is -1.98. The monoisotopic (exact) mass is 318 g/mol. The molecule has 6 heteroatoms. The number of hydrogen-bond donors (Lipinski definition) is 1. The first-order valence-corrected chi connectivity index (χ1v) is 7.57. The Bertz CT molecular complexity index is 713. The van der Waals surface area contributed by atoms with Crippen LogP contribution in [-0.2, 0) is 0 Å². The summed E-state index contributed by atoms with van der Waals surface area (Å²) >= 11 is 7.18. The van der Waals surface area contributed by atoms with Crippen LogP contribution in [0.2, 0.25) is 5.02 Å². The first-order chi connectivity index (χ1) is 10.1. The lowest BCUT2D eigenvalue weighted by atomic mass is 10.1. The van der Waals surface area contributed by atoms with Crippen molar-refractivity contribution in [2.75, 3.05) is 11.6 Å². The highest BCUT2D eigenvalue weighted by Crippen LogP contribution is 2.31. The average molecular weight is 319 g/mol. The van der Waals surface area contributed by atoms with Gasteiger partial charge < -0.3 is 5.73 Å². The van der Waals surface area contributed by atoms with Crippen LogP contribution in [0.5, 0.6) is 0 Å². The maximum Gasteiger partial charge on any atom is 0.262 e. The van der Waals surface area contributed by atoms with Crippen LogP contribution in [0.3, 0.4) is 0 Å². The number of imide groups is 1. The minimum Gasteiger partial charge on any atom is -0.398 e. The summed E-state index contributed by atoms with van der Waals surface area (Å²) in [6.07, 6.45) is 0. The van der Waals surface area contributed by atoms with E-state index in [0.29, 0.717) is 21.8 Å². The largest absolute Gasteiger partial charge is 0.398 e. The number of carbonyl (C=O) groups excluding carboxylic acids is 2. The molecule has 106 valence electrons. The van der Waals surface area contributed by atoms with Crippen LogP contribution < -0.4 is 5.73 Å². The number of halogens is 1. The molecule has 21 heavy (non-hydrogen) atoms. The van der Waals surface area contributed by atoms with Crippen molar-refractivity contribution in [3.8, 4) is 0 Å². The van der Waals surface area contributed by atoms with Gasteiger partial charge in [-0.2, -0.15) is 0 Å². The molecule has 2 aromatic rings. The Morgan fingerprint density at radius 2 is 1.67 bits per heavy atom. The predicted octanol–water partition coefficient (Wildman–Crippen LogP) is 3.27. The van der Waals surface area contributed by atoms with Crippen LogP contribution in [0, 0.1) is 0 Å². The van der Waals surface area contributed by atoms with Gasteiger partial charge in [-0.1, -0.05) is 23.7 Å². The Labute approximate surface area is 130 Å². The minimum atomic E-state index is -0.268. The van der Waals surface area contributed by atoms with Crippen molar-refractivity contribution in [3.05, 3.63) is 58.6 Å². The smallest absolute Gasteiger partial charge is 0.262 e. The third-order valence-corrected chi connectivity index (χ3v) is 4.50. The fourth-order valence-electron chi connectivity index (χ4n) is 2.14. The van der Waals surface area contributed by atoms with Crippen molar-refractivity contribution in [1.29, 1.82) is 0 Å². The molecule has 2 amide bonds. The molecule has 0 radical (unpaired) electrons. The summed E-state index contributed by atoms with van der Waals surface area (Å²) in [6, 6.07) is 12.0. The summed E-state index contributed by atoms with van der Waals surface area (Å²) < 4.78 is 0. The van der Waals surface area contributed by atoms with E-state index in [4.69, 9.17) is 17.3 Å². The van der Waals surface area contributed by atoms with Crippen molar-refractivity contribution in [3.63, 3.8) is 0 Å². The number of benzene rings is 2. The zero-order valence-electron chi connectivity index (χ0n) is 10.9. The molecule has 3 rings (SSSR count). The second-order valence-corrected chi connectivity index (χ2v) is 5.96. The fourth-order valence-corrected chi connectivity index (χ4v) is 3.21. The molecule has 1 aliphatic heterocycles. The van der Waals surface area contributed by atoms with Gasteiger partial charge in [-0.15, -0.1) is 11.8 Å². The van der Waals surface area contributed by atoms with Gasteiger partial charge in [0, 0.05) is 15.6 Å². The van der Waals surface area contributed by atoms with Crippen LogP contribution in [0.15, 0.2) is 47.4 Å². The highest BCUT2D eigenvalue weighted by atomic mass is 35.5. The summed E-state index contributed by atoms with van der Waals surface area (Å²) in [5, 5.41) is 0.553. The Morgan fingerprint density at radius 1 is 1.05 bits per heavy atom. The fraction of sp³-hybridized carbons (Fsp3) is 0.0667. The van der Waals surface area contributed by atoms with Crippen molar-refractivity contribution in [1.82, 2.24) is 4.90 Å². The lowest BCUT2D eigenvalue weighted by Crippen LogP contribution is -2.29. The number of fused-ring (bicyclic) bond motifs is 1. The molecular formula is C15H11ClN2O2S. The van der Waals surface area contributed by atoms with Gasteiger partial charge >= 0.3 is 0 Å². The SMILES string of the molecule is Nc1cc(Cl)ccc1SCN1C(=O)c2ccccc2C1=O. The van der Waals surface area contributed by atoms with E-state index in [-0.39, 0.29) is 17.7 Å². The van der Waals surface area contributed by atoms with E-state index >= 15 is 0 Å². The molecule has 0 saturated heterocycles.